The summed E-state index contributed by atoms with van der Waals surface area (Å²) in [7, 11) is 0. The number of hydrogen-bond donors (Lipinski definition) is 3. The number of carbonyl (C=O) groups is 2. The van der Waals surface area contributed by atoms with Crippen LogP contribution in [0.4, 0.5) is 4.39 Å². The molecule has 3 N–H and O–H groups in total. The Morgan fingerprint density at radius 2 is 1.76 bits per heavy atom. The molecule has 8 heteroatoms. The summed E-state index contributed by atoms with van der Waals surface area (Å²) in [6.07, 6.45) is -3.81. The summed E-state index contributed by atoms with van der Waals surface area (Å²) in [5.74, 6) is -1.51. The first-order valence-electron chi connectivity index (χ1n) is 12.2. The second-order valence-electron chi connectivity index (χ2n) is 9.52. The zero-order chi connectivity index (χ0) is 26.7. The first-order chi connectivity index (χ1) is 17.6. The van der Waals surface area contributed by atoms with Gasteiger partial charge in [0, 0.05) is 24.7 Å². The van der Waals surface area contributed by atoms with Crippen molar-refractivity contribution in [1.82, 2.24) is 10.2 Å². The maximum absolute atomic E-state index is 13.6. The van der Waals surface area contributed by atoms with Gasteiger partial charge in [0.1, 0.15) is 11.6 Å². The van der Waals surface area contributed by atoms with Crippen molar-refractivity contribution in [2.24, 2.45) is 0 Å². The van der Waals surface area contributed by atoms with Crippen molar-refractivity contribution in [1.29, 1.82) is 0 Å². The second kappa shape index (κ2) is 10.7. The van der Waals surface area contributed by atoms with E-state index in [1.165, 1.54) is 17.0 Å². The highest BCUT2D eigenvalue weighted by Gasteiger charge is 2.44. The molecule has 7 nitrogen and oxygen atoms in total. The number of rotatable bonds is 8. The Bertz CT molecular complexity index is 1290. The van der Waals surface area contributed by atoms with Crippen molar-refractivity contribution >= 4 is 11.8 Å². The number of fused-ring (bicyclic) bond motifs is 1. The van der Waals surface area contributed by atoms with Gasteiger partial charge >= 0.3 is 0 Å². The van der Waals surface area contributed by atoms with E-state index in [0.29, 0.717) is 18.9 Å². The van der Waals surface area contributed by atoms with Crippen LogP contribution in [-0.2, 0) is 28.2 Å². The van der Waals surface area contributed by atoms with Gasteiger partial charge in [-0.2, -0.15) is 0 Å². The van der Waals surface area contributed by atoms with Gasteiger partial charge in [-0.05, 0) is 55.2 Å². The van der Waals surface area contributed by atoms with Crippen LogP contribution in [0.15, 0.2) is 66.7 Å². The third-order valence-electron chi connectivity index (χ3n) is 6.74. The van der Waals surface area contributed by atoms with Crippen LogP contribution in [-0.4, -0.2) is 45.7 Å². The summed E-state index contributed by atoms with van der Waals surface area (Å²) >= 11 is 0. The molecule has 2 atom stereocenters. The van der Waals surface area contributed by atoms with Crippen LogP contribution in [0.3, 0.4) is 0 Å². The monoisotopic (exact) mass is 506 g/mol. The lowest BCUT2D eigenvalue weighted by Crippen LogP contribution is -2.53. The molecule has 0 radical (unpaired) electrons. The Kier molecular flexibility index (Phi) is 7.61. The Labute approximate surface area is 215 Å². The molecule has 1 heterocycles. The maximum Gasteiger partial charge on any atom is 0.255 e. The summed E-state index contributed by atoms with van der Waals surface area (Å²) < 4.78 is 19.1. The van der Waals surface area contributed by atoms with E-state index in [2.05, 4.69) is 5.32 Å². The van der Waals surface area contributed by atoms with Crippen LogP contribution in [0.2, 0.25) is 0 Å². The van der Waals surface area contributed by atoms with Gasteiger partial charge in [-0.25, -0.2) is 4.39 Å². The molecule has 3 aromatic carbocycles. The van der Waals surface area contributed by atoms with E-state index >= 15 is 0 Å². The number of carbonyl (C=O) groups excluding carboxylic acids is 2. The van der Waals surface area contributed by atoms with Crippen LogP contribution in [0.25, 0.3) is 11.1 Å². The fraction of sp³-hybridized carbons (Fsp3) is 0.310. The Morgan fingerprint density at radius 1 is 1.05 bits per heavy atom. The molecule has 0 bridgehead atoms. The molecule has 0 spiro atoms. The lowest BCUT2D eigenvalue weighted by molar-refractivity contribution is -0.157. The van der Waals surface area contributed by atoms with Gasteiger partial charge in [-0.15, -0.1) is 0 Å². The molecule has 1 aliphatic rings. The minimum atomic E-state index is -1.92. The van der Waals surface area contributed by atoms with E-state index in [1.54, 1.807) is 18.2 Å². The highest BCUT2D eigenvalue weighted by Crippen LogP contribution is 2.39. The van der Waals surface area contributed by atoms with Crippen molar-refractivity contribution in [3.05, 3.63) is 89.2 Å². The Balaban J connectivity index is 1.37. The topological polar surface area (TPSA) is 99.1 Å². The molecule has 3 aromatic rings. The van der Waals surface area contributed by atoms with Crippen molar-refractivity contribution in [2.45, 2.75) is 51.6 Å². The molecule has 0 unspecified atom stereocenters. The third kappa shape index (κ3) is 5.35. The average molecular weight is 507 g/mol. The SMILES string of the molecule is CCOc1cc(F)ccc1-c1ccc(CNC(=O)[C@H](O)[C@@H](O)C(=O)N2Cc3ccccc3C2(C)C)cc1. The first-order valence-corrected chi connectivity index (χ1v) is 12.2. The van der Waals surface area contributed by atoms with Crippen molar-refractivity contribution in [2.75, 3.05) is 6.61 Å². The summed E-state index contributed by atoms with van der Waals surface area (Å²) in [4.78, 5) is 27.0. The summed E-state index contributed by atoms with van der Waals surface area (Å²) in [5.41, 5.74) is 3.54. The molecule has 4 rings (SSSR count). The molecule has 0 saturated carbocycles. The number of halogens is 1. The number of nitrogens with zero attached hydrogens (tertiary/aromatic N) is 1. The molecule has 0 aromatic heterocycles. The third-order valence-corrected chi connectivity index (χ3v) is 6.74. The molecule has 0 aliphatic carbocycles. The first kappa shape index (κ1) is 26.3. The zero-order valence-corrected chi connectivity index (χ0v) is 21.1. The lowest BCUT2D eigenvalue weighted by Gasteiger charge is -2.34. The van der Waals surface area contributed by atoms with Gasteiger partial charge in [0.05, 0.1) is 12.1 Å². The smallest absolute Gasteiger partial charge is 0.255 e. The molecule has 2 amide bonds. The van der Waals surface area contributed by atoms with Crippen LogP contribution in [0.1, 0.15) is 37.5 Å². The summed E-state index contributed by atoms with van der Waals surface area (Å²) in [6.45, 7) is 6.33. The van der Waals surface area contributed by atoms with Crippen molar-refractivity contribution < 1.29 is 28.9 Å². The van der Waals surface area contributed by atoms with Gasteiger partial charge < -0.3 is 25.2 Å². The van der Waals surface area contributed by atoms with Gasteiger partial charge in [0.15, 0.2) is 12.2 Å². The Morgan fingerprint density at radius 3 is 2.43 bits per heavy atom. The fourth-order valence-corrected chi connectivity index (χ4v) is 4.67. The fourth-order valence-electron chi connectivity index (χ4n) is 4.67. The standard InChI is InChI=1S/C29H31FN2O5/c1-4-37-24-15-21(30)13-14-22(24)19-11-9-18(10-12-19)16-31-27(35)25(33)26(34)28(36)32-17-20-7-5-6-8-23(20)29(32,2)3/h5-15,25-26,33-34H,4,16-17H2,1-3H3,(H,31,35)/t25-,26-/m1/s1. The molecular formula is C29H31FN2O5. The summed E-state index contributed by atoms with van der Waals surface area (Å²) in [5, 5.41) is 23.5. The molecule has 0 fully saturated rings. The minimum absolute atomic E-state index is 0.0828. The van der Waals surface area contributed by atoms with E-state index in [-0.39, 0.29) is 12.4 Å². The van der Waals surface area contributed by atoms with Gasteiger partial charge in [0.25, 0.3) is 11.8 Å². The average Bonchev–Trinajstić information content (AvgIpc) is 3.17. The van der Waals surface area contributed by atoms with Crippen molar-refractivity contribution in [3.8, 4) is 16.9 Å². The number of ether oxygens (including phenoxy) is 1. The van der Waals surface area contributed by atoms with Gasteiger partial charge in [-0.1, -0.05) is 48.5 Å². The molecule has 194 valence electrons. The second-order valence-corrected chi connectivity index (χ2v) is 9.52. The number of hydrogen-bond acceptors (Lipinski definition) is 5. The highest BCUT2D eigenvalue weighted by atomic mass is 19.1. The molecule has 37 heavy (non-hydrogen) atoms. The van der Waals surface area contributed by atoms with Crippen LogP contribution < -0.4 is 10.1 Å². The van der Waals surface area contributed by atoms with E-state index in [0.717, 1.165) is 27.8 Å². The van der Waals surface area contributed by atoms with Gasteiger partial charge in [-0.3, -0.25) is 9.59 Å². The molecule has 1 aliphatic heterocycles. The number of benzene rings is 3. The predicted octanol–water partition coefficient (Wildman–Crippen LogP) is 3.51. The van der Waals surface area contributed by atoms with Crippen LogP contribution in [0, 0.1) is 5.82 Å². The number of aliphatic hydroxyl groups excluding tert-OH is 2. The maximum atomic E-state index is 13.6. The van der Waals surface area contributed by atoms with E-state index < -0.39 is 29.6 Å². The highest BCUT2D eigenvalue weighted by molar-refractivity contribution is 5.91. The van der Waals surface area contributed by atoms with Crippen molar-refractivity contribution in [3.63, 3.8) is 0 Å². The number of nitrogens with one attached hydrogen (secondary N) is 1. The molecule has 0 saturated heterocycles. The predicted molar refractivity (Wildman–Crippen MR) is 137 cm³/mol. The zero-order valence-electron chi connectivity index (χ0n) is 21.1. The van der Waals surface area contributed by atoms with Gasteiger partial charge in [0.2, 0.25) is 0 Å². The largest absolute Gasteiger partial charge is 0.493 e. The summed E-state index contributed by atoms with van der Waals surface area (Å²) in [6, 6.07) is 19.2. The number of aliphatic hydroxyl groups is 2. The van der Waals surface area contributed by atoms with Crippen LogP contribution >= 0.6 is 0 Å². The van der Waals surface area contributed by atoms with E-state index in [1.807, 2.05) is 57.2 Å². The normalized spacial score (nSPS) is 15.6. The van der Waals surface area contributed by atoms with E-state index in [9.17, 15) is 24.2 Å². The quantitative estimate of drug-likeness (QED) is 0.434. The van der Waals surface area contributed by atoms with Crippen LogP contribution in [0.5, 0.6) is 5.75 Å². The minimum Gasteiger partial charge on any atom is -0.493 e. The Hall–Kier alpha value is -3.75. The van der Waals surface area contributed by atoms with E-state index in [4.69, 9.17) is 4.74 Å². The lowest BCUT2D eigenvalue weighted by atomic mass is 9.93. The molecular weight excluding hydrogens is 475 g/mol. The number of amides is 2.